The summed E-state index contributed by atoms with van der Waals surface area (Å²) in [5, 5.41) is 7.28. The Morgan fingerprint density at radius 3 is 2.58 bits per heavy atom. The second-order valence-corrected chi connectivity index (χ2v) is 6.31. The number of carbonyl (C=O) groups excluding carboxylic acids is 1. The number of aryl methyl sites for hydroxylation is 2. The molecule has 0 fully saturated rings. The van der Waals surface area contributed by atoms with Crippen LogP contribution in [0.2, 0.25) is 0 Å². The second-order valence-electron chi connectivity index (χ2n) is 6.31. The topological polar surface area (TPSA) is 69.7 Å². The fourth-order valence-corrected chi connectivity index (χ4v) is 3.26. The van der Waals surface area contributed by atoms with E-state index in [2.05, 4.69) is 15.4 Å². The van der Waals surface area contributed by atoms with Gasteiger partial charge in [0.1, 0.15) is 17.2 Å². The van der Waals surface area contributed by atoms with E-state index in [0.29, 0.717) is 5.56 Å². The minimum atomic E-state index is -0.238. The molecule has 0 unspecified atom stereocenters. The first-order chi connectivity index (χ1) is 12.6. The average molecular weight is 348 g/mol. The molecule has 4 aromatic rings. The molecule has 0 saturated carbocycles. The van der Waals surface area contributed by atoms with Crippen molar-refractivity contribution < 1.29 is 4.79 Å². The lowest BCUT2D eigenvalue weighted by Gasteiger charge is -2.14. The van der Waals surface area contributed by atoms with Crippen molar-refractivity contribution in [2.24, 2.45) is 14.1 Å². The van der Waals surface area contributed by atoms with Crippen LogP contribution in [0.3, 0.4) is 0 Å². The lowest BCUT2D eigenvalue weighted by Crippen LogP contribution is -2.29. The Morgan fingerprint density at radius 1 is 1.12 bits per heavy atom. The van der Waals surface area contributed by atoms with Crippen LogP contribution < -0.4 is 5.32 Å². The van der Waals surface area contributed by atoms with Crippen molar-refractivity contribution in [1.29, 1.82) is 0 Å². The highest BCUT2D eigenvalue weighted by Gasteiger charge is 2.21. The van der Waals surface area contributed by atoms with Crippen LogP contribution in [0.1, 0.15) is 29.1 Å². The smallest absolute Gasteiger partial charge is 0.257 e. The number of rotatable bonds is 4. The molecule has 1 aromatic carbocycles. The van der Waals surface area contributed by atoms with Crippen LogP contribution >= 0.6 is 0 Å². The van der Waals surface area contributed by atoms with Crippen LogP contribution in [-0.2, 0) is 14.1 Å². The Balaban J connectivity index is 1.63. The number of aromatic nitrogens is 5. The van der Waals surface area contributed by atoms with E-state index in [4.69, 9.17) is 0 Å². The van der Waals surface area contributed by atoms with Gasteiger partial charge in [0.2, 0.25) is 0 Å². The summed E-state index contributed by atoms with van der Waals surface area (Å²) in [6.45, 7) is 1.94. The molecular formula is C19H20N6O. The lowest BCUT2D eigenvalue weighted by atomic mass is 10.2. The number of fused-ring (bicyclic) bond motifs is 1. The third-order valence-electron chi connectivity index (χ3n) is 4.56. The molecular weight excluding hydrogens is 328 g/mol. The minimum Gasteiger partial charge on any atom is -0.342 e. The van der Waals surface area contributed by atoms with E-state index in [9.17, 15) is 4.79 Å². The van der Waals surface area contributed by atoms with E-state index in [1.54, 1.807) is 10.9 Å². The fraction of sp³-hybridized carbons (Fsp3) is 0.211. The lowest BCUT2D eigenvalue weighted by molar-refractivity contribution is 0.0938. The van der Waals surface area contributed by atoms with Gasteiger partial charge in [0.05, 0.1) is 23.3 Å². The molecule has 26 heavy (non-hydrogen) atoms. The van der Waals surface area contributed by atoms with Crippen molar-refractivity contribution in [2.45, 2.75) is 13.0 Å². The van der Waals surface area contributed by atoms with Gasteiger partial charge in [0.25, 0.3) is 5.91 Å². The number of para-hydroxylation sites is 2. The van der Waals surface area contributed by atoms with Crippen molar-refractivity contribution in [1.82, 2.24) is 29.2 Å². The van der Waals surface area contributed by atoms with E-state index in [1.165, 1.54) is 0 Å². The zero-order valence-electron chi connectivity index (χ0n) is 14.9. The van der Waals surface area contributed by atoms with Gasteiger partial charge >= 0.3 is 0 Å². The number of carbonyl (C=O) groups is 1. The SMILES string of the molecule is C[C@@H](NC(=O)c1cnn(C)c1-n1cccc1)c1nc2ccccc2n1C. The Labute approximate surface area is 150 Å². The molecule has 1 atom stereocenters. The Morgan fingerprint density at radius 2 is 1.85 bits per heavy atom. The monoisotopic (exact) mass is 348 g/mol. The van der Waals surface area contributed by atoms with Gasteiger partial charge in [0.15, 0.2) is 0 Å². The molecule has 0 aliphatic heterocycles. The van der Waals surface area contributed by atoms with Gasteiger partial charge in [-0.15, -0.1) is 0 Å². The minimum absolute atomic E-state index is 0.179. The van der Waals surface area contributed by atoms with Gasteiger partial charge in [0, 0.05) is 26.5 Å². The standard InChI is InChI=1S/C19H20N6O/c1-13(17-22-15-8-4-5-9-16(15)23(17)2)21-18(26)14-12-20-24(3)19(14)25-10-6-7-11-25/h4-13H,1-3H3,(H,21,26)/t13-/m1/s1. The molecule has 0 saturated heterocycles. The highest BCUT2D eigenvalue weighted by Crippen LogP contribution is 2.20. The molecule has 132 valence electrons. The van der Waals surface area contributed by atoms with Gasteiger partial charge in [-0.2, -0.15) is 5.10 Å². The first-order valence-corrected chi connectivity index (χ1v) is 8.44. The molecule has 0 spiro atoms. The van der Waals surface area contributed by atoms with Crippen LogP contribution in [0.25, 0.3) is 16.9 Å². The summed E-state index contributed by atoms with van der Waals surface area (Å²) in [4.78, 5) is 17.5. The maximum Gasteiger partial charge on any atom is 0.257 e. The second kappa shape index (κ2) is 6.18. The molecule has 3 aromatic heterocycles. The quantitative estimate of drug-likeness (QED) is 0.616. The summed E-state index contributed by atoms with van der Waals surface area (Å²) in [6, 6.07) is 11.5. The first-order valence-electron chi connectivity index (χ1n) is 8.44. The van der Waals surface area contributed by atoms with Gasteiger partial charge < -0.3 is 14.5 Å². The zero-order chi connectivity index (χ0) is 18.3. The maximum atomic E-state index is 12.9. The highest BCUT2D eigenvalue weighted by molar-refractivity contribution is 5.97. The summed E-state index contributed by atoms with van der Waals surface area (Å²) in [6.07, 6.45) is 5.37. The molecule has 1 N–H and O–H groups in total. The Bertz CT molecular complexity index is 1070. The van der Waals surface area contributed by atoms with Gasteiger partial charge in [-0.3, -0.25) is 9.48 Å². The molecule has 0 aliphatic rings. The van der Waals surface area contributed by atoms with Crippen LogP contribution in [0.4, 0.5) is 0 Å². The van der Waals surface area contributed by atoms with Crippen LogP contribution in [0.15, 0.2) is 55.0 Å². The van der Waals surface area contributed by atoms with E-state index < -0.39 is 0 Å². The molecule has 0 radical (unpaired) electrons. The molecule has 4 rings (SSSR count). The van der Waals surface area contributed by atoms with Crippen molar-refractivity contribution in [2.75, 3.05) is 0 Å². The highest BCUT2D eigenvalue weighted by atomic mass is 16.1. The summed E-state index contributed by atoms with van der Waals surface area (Å²) in [7, 11) is 3.78. The molecule has 0 aliphatic carbocycles. The van der Waals surface area contributed by atoms with E-state index >= 15 is 0 Å². The predicted octanol–water partition coefficient (Wildman–Crippen LogP) is 2.59. The number of hydrogen-bond acceptors (Lipinski definition) is 3. The van der Waals surface area contributed by atoms with Gasteiger partial charge in [-0.1, -0.05) is 12.1 Å². The molecule has 3 heterocycles. The fourth-order valence-electron chi connectivity index (χ4n) is 3.26. The largest absolute Gasteiger partial charge is 0.342 e. The molecule has 1 amide bonds. The summed E-state index contributed by atoms with van der Waals surface area (Å²) >= 11 is 0. The predicted molar refractivity (Wildman–Crippen MR) is 99.1 cm³/mol. The Hall–Kier alpha value is -3.35. The van der Waals surface area contributed by atoms with Gasteiger partial charge in [-0.05, 0) is 31.2 Å². The molecule has 7 heteroatoms. The van der Waals surface area contributed by atoms with Gasteiger partial charge in [-0.25, -0.2) is 4.98 Å². The van der Waals surface area contributed by atoms with Crippen LogP contribution in [0, 0.1) is 0 Å². The zero-order valence-corrected chi connectivity index (χ0v) is 14.9. The summed E-state index contributed by atoms with van der Waals surface area (Å²) in [5.74, 6) is 1.36. The third kappa shape index (κ3) is 2.57. The third-order valence-corrected chi connectivity index (χ3v) is 4.56. The average Bonchev–Trinajstić information content (AvgIpc) is 3.34. The number of nitrogens with zero attached hydrogens (tertiary/aromatic N) is 5. The molecule has 7 nitrogen and oxygen atoms in total. The van der Waals surface area contributed by atoms with E-state index in [1.807, 2.05) is 78.9 Å². The summed E-state index contributed by atoms with van der Waals surface area (Å²) in [5.41, 5.74) is 2.48. The van der Waals surface area contributed by atoms with Crippen molar-refractivity contribution in [3.63, 3.8) is 0 Å². The number of imidazole rings is 1. The number of hydrogen-bond donors (Lipinski definition) is 1. The van der Waals surface area contributed by atoms with E-state index in [-0.39, 0.29) is 11.9 Å². The summed E-state index contributed by atoms with van der Waals surface area (Å²) < 4.78 is 5.58. The van der Waals surface area contributed by atoms with Crippen LogP contribution in [0.5, 0.6) is 0 Å². The van der Waals surface area contributed by atoms with Crippen molar-refractivity contribution >= 4 is 16.9 Å². The first kappa shape index (κ1) is 16.1. The number of nitrogens with one attached hydrogen (secondary N) is 1. The van der Waals surface area contributed by atoms with Crippen molar-refractivity contribution in [3.05, 3.63) is 66.4 Å². The normalized spacial score (nSPS) is 12.4. The number of amides is 1. The van der Waals surface area contributed by atoms with E-state index in [0.717, 1.165) is 22.7 Å². The number of benzene rings is 1. The Kier molecular flexibility index (Phi) is 3.84. The molecule has 0 bridgehead atoms. The van der Waals surface area contributed by atoms with Crippen molar-refractivity contribution in [3.8, 4) is 5.82 Å². The maximum absolute atomic E-state index is 12.9. The van der Waals surface area contributed by atoms with Crippen LogP contribution in [-0.4, -0.2) is 29.8 Å².